The number of benzene rings is 1. The highest BCUT2D eigenvalue weighted by Crippen LogP contribution is 2.23. The molecule has 0 radical (unpaired) electrons. The van der Waals surface area contributed by atoms with Crippen molar-refractivity contribution in [3.8, 4) is 17.3 Å². The maximum Gasteiger partial charge on any atom is 0.269 e. The summed E-state index contributed by atoms with van der Waals surface area (Å²) in [6.45, 7) is 3.90. The number of halogens is 1. The first-order valence-corrected chi connectivity index (χ1v) is 6.50. The molecular weight excluding hydrogens is 255 g/mol. The Hall–Kier alpha value is -2.41. The molecule has 4 heteroatoms. The second-order valence-electron chi connectivity index (χ2n) is 4.68. The van der Waals surface area contributed by atoms with Crippen molar-refractivity contribution in [1.82, 2.24) is 4.57 Å². The lowest BCUT2D eigenvalue weighted by Crippen LogP contribution is -2.26. The van der Waals surface area contributed by atoms with E-state index < -0.39 is 0 Å². The summed E-state index contributed by atoms with van der Waals surface area (Å²) in [6, 6.07) is 11.1. The number of hydrogen-bond acceptors (Lipinski definition) is 2. The first-order valence-electron chi connectivity index (χ1n) is 6.50. The minimum atomic E-state index is -0.320. The van der Waals surface area contributed by atoms with Gasteiger partial charge in [0, 0.05) is 6.04 Å². The third kappa shape index (κ3) is 2.48. The largest absolute Gasteiger partial charge is 0.304 e. The van der Waals surface area contributed by atoms with Gasteiger partial charge in [-0.25, -0.2) is 4.39 Å². The van der Waals surface area contributed by atoms with E-state index in [0.717, 1.165) is 12.0 Å². The van der Waals surface area contributed by atoms with Crippen LogP contribution in [0.4, 0.5) is 4.39 Å². The van der Waals surface area contributed by atoms with Gasteiger partial charge in [0.15, 0.2) is 0 Å². The van der Waals surface area contributed by atoms with Crippen LogP contribution >= 0.6 is 0 Å². The second-order valence-corrected chi connectivity index (χ2v) is 4.68. The van der Waals surface area contributed by atoms with Gasteiger partial charge in [-0.05, 0) is 55.3 Å². The molecule has 0 amide bonds. The predicted octanol–water partition coefficient (Wildman–Crippen LogP) is 3.50. The zero-order valence-electron chi connectivity index (χ0n) is 11.4. The molecule has 1 aromatic heterocycles. The summed E-state index contributed by atoms with van der Waals surface area (Å²) in [4.78, 5) is 12.3. The van der Waals surface area contributed by atoms with Gasteiger partial charge in [-0.2, -0.15) is 5.26 Å². The summed E-state index contributed by atoms with van der Waals surface area (Å²) in [7, 11) is 0. The Morgan fingerprint density at radius 1 is 1.25 bits per heavy atom. The highest BCUT2D eigenvalue weighted by atomic mass is 19.1. The van der Waals surface area contributed by atoms with Gasteiger partial charge in [-0.1, -0.05) is 6.92 Å². The minimum Gasteiger partial charge on any atom is -0.304 e. The van der Waals surface area contributed by atoms with E-state index in [2.05, 4.69) is 0 Å². The molecule has 0 spiro atoms. The molecule has 1 aromatic carbocycles. The van der Waals surface area contributed by atoms with E-state index in [0.29, 0.717) is 5.69 Å². The number of aromatic nitrogens is 1. The third-order valence-corrected chi connectivity index (χ3v) is 3.41. The molecule has 20 heavy (non-hydrogen) atoms. The van der Waals surface area contributed by atoms with Crippen molar-refractivity contribution >= 4 is 0 Å². The van der Waals surface area contributed by atoms with Crippen molar-refractivity contribution in [2.45, 2.75) is 26.3 Å². The van der Waals surface area contributed by atoms with Crippen LogP contribution in [0, 0.1) is 17.1 Å². The topological polar surface area (TPSA) is 45.8 Å². The average molecular weight is 270 g/mol. The molecule has 0 aliphatic rings. The minimum absolute atomic E-state index is 0.0316. The lowest BCUT2D eigenvalue weighted by atomic mass is 10.1. The molecule has 0 fully saturated rings. The van der Waals surface area contributed by atoms with Crippen molar-refractivity contribution < 1.29 is 4.39 Å². The van der Waals surface area contributed by atoms with E-state index >= 15 is 0 Å². The molecule has 3 nitrogen and oxygen atoms in total. The highest BCUT2D eigenvalue weighted by molar-refractivity contribution is 5.60. The molecular formula is C16H15FN2O. The van der Waals surface area contributed by atoms with Crippen molar-refractivity contribution in [3.63, 3.8) is 0 Å². The molecule has 0 saturated carbocycles. The van der Waals surface area contributed by atoms with Crippen LogP contribution in [0.15, 0.2) is 41.2 Å². The predicted molar refractivity (Wildman–Crippen MR) is 75.8 cm³/mol. The number of pyridine rings is 1. The van der Waals surface area contributed by atoms with E-state index in [1.807, 2.05) is 19.9 Å². The Labute approximate surface area is 116 Å². The van der Waals surface area contributed by atoms with Crippen LogP contribution in [-0.2, 0) is 0 Å². The smallest absolute Gasteiger partial charge is 0.269 e. The van der Waals surface area contributed by atoms with Gasteiger partial charge in [0.2, 0.25) is 0 Å². The van der Waals surface area contributed by atoms with Crippen LogP contribution < -0.4 is 5.56 Å². The SMILES string of the molecule is CCC(C)n1c(-c2ccc(F)cc2)ccc(C#N)c1=O. The molecule has 0 N–H and O–H groups in total. The van der Waals surface area contributed by atoms with E-state index in [9.17, 15) is 9.18 Å². The Morgan fingerprint density at radius 3 is 2.45 bits per heavy atom. The Kier molecular flexibility index (Phi) is 3.99. The van der Waals surface area contributed by atoms with Crippen LogP contribution in [0.3, 0.4) is 0 Å². The zero-order chi connectivity index (χ0) is 14.7. The molecule has 2 rings (SSSR count). The quantitative estimate of drug-likeness (QED) is 0.857. The van der Waals surface area contributed by atoms with Gasteiger partial charge in [0.25, 0.3) is 5.56 Å². The van der Waals surface area contributed by atoms with Gasteiger partial charge in [-0.15, -0.1) is 0 Å². The van der Waals surface area contributed by atoms with Gasteiger partial charge in [0.1, 0.15) is 17.4 Å². The van der Waals surface area contributed by atoms with E-state index in [1.54, 1.807) is 22.8 Å². The molecule has 102 valence electrons. The fraction of sp³-hybridized carbons (Fsp3) is 0.250. The number of rotatable bonds is 3. The standard InChI is InChI=1S/C16H15FN2O/c1-3-11(2)19-15(9-6-13(10-18)16(19)20)12-4-7-14(17)8-5-12/h4-9,11H,3H2,1-2H3. The third-order valence-electron chi connectivity index (χ3n) is 3.41. The van der Waals surface area contributed by atoms with Crippen molar-refractivity contribution in [3.05, 3.63) is 58.1 Å². The summed E-state index contributed by atoms with van der Waals surface area (Å²) in [6.07, 6.45) is 0.767. The zero-order valence-corrected chi connectivity index (χ0v) is 11.4. The summed E-state index contributed by atoms with van der Waals surface area (Å²) >= 11 is 0. The van der Waals surface area contributed by atoms with Crippen molar-refractivity contribution in [2.24, 2.45) is 0 Å². The highest BCUT2D eigenvalue weighted by Gasteiger charge is 2.14. The summed E-state index contributed by atoms with van der Waals surface area (Å²) in [5, 5.41) is 8.98. The maximum atomic E-state index is 13.0. The lowest BCUT2D eigenvalue weighted by molar-refractivity contribution is 0.519. The van der Waals surface area contributed by atoms with Crippen LogP contribution in [0.2, 0.25) is 0 Å². The maximum absolute atomic E-state index is 13.0. The molecule has 1 unspecified atom stereocenters. The van der Waals surface area contributed by atoms with Crippen LogP contribution in [0.1, 0.15) is 31.9 Å². The molecule has 0 aliphatic carbocycles. The fourth-order valence-electron chi connectivity index (χ4n) is 2.11. The normalized spacial score (nSPS) is 11.9. The molecule has 0 aliphatic heterocycles. The van der Waals surface area contributed by atoms with Crippen LogP contribution in [0.5, 0.6) is 0 Å². The van der Waals surface area contributed by atoms with Crippen LogP contribution in [-0.4, -0.2) is 4.57 Å². The molecule has 0 saturated heterocycles. The van der Waals surface area contributed by atoms with Crippen molar-refractivity contribution in [1.29, 1.82) is 5.26 Å². The molecule has 1 heterocycles. The number of nitriles is 1. The molecule has 0 bridgehead atoms. The monoisotopic (exact) mass is 270 g/mol. The summed E-state index contributed by atoms with van der Waals surface area (Å²) in [5.41, 5.74) is 1.27. The summed E-state index contributed by atoms with van der Waals surface area (Å²) < 4.78 is 14.6. The first kappa shape index (κ1) is 14.0. The Morgan fingerprint density at radius 2 is 1.90 bits per heavy atom. The van der Waals surface area contributed by atoms with E-state index in [-0.39, 0.29) is 23.0 Å². The molecule has 1 atom stereocenters. The van der Waals surface area contributed by atoms with Crippen LogP contribution in [0.25, 0.3) is 11.3 Å². The van der Waals surface area contributed by atoms with E-state index in [1.165, 1.54) is 18.2 Å². The fourth-order valence-corrected chi connectivity index (χ4v) is 2.11. The van der Waals surface area contributed by atoms with Gasteiger partial charge < -0.3 is 4.57 Å². The van der Waals surface area contributed by atoms with E-state index in [4.69, 9.17) is 5.26 Å². The number of nitrogens with zero attached hydrogens (tertiary/aromatic N) is 2. The summed E-state index contributed by atoms with van der Waals surface area (Å²) in [5.74, 6) is -0.320. The van der Waals surface area contributed by atoms with Gasteiger partial charge in [-0.3, -0.25) is 4.79 Å². The Balaban J connectivity index is 2.70. The average Bonchev–Trinajstić information content (AvgIpc) is 2.47. The lowest BCUT2D eigenvalue weighted by Gasteiger charge is -2.19. The Bertz CT molecular complexity index is 711. The number of hydrogen-bond donors (Lipinski definition) is 0. The van der Waals surface area contributed by atoms with Gasteiger partial charge in [0.05, 0.1) is 5.69 Å². The molecule has 2 aromatic rings. The van der Waals surface area contributed by atoms with Crippen molar-refractivity contribution in [2.75, 3.05) is 0 Å². The van der Waals surface area contributed by atoms with Gasteiger partial charge >= 0.3 is 0 Å². The first-order chi connectivity index (χ1) is 9.58. The second kappa shape index (κ2) is 5.70.